The summed E-state index contributed by atoms with van der Waals surface area (Å²) in [6.07, 6.45) is 2.47. The summed E-state index contributed by atoms with van der Waals surface area (Å²) in [6, 6.07) is 5.89. The minimum Gasteiger partial charge on any atom is -0.368 e. The number of piperidine rings is 1. The molecule has 0 saturated carbocycles. The highest BCUT2D eigenvalue weighted by atomic mass is 19.1. The summed E-state index contributed by atoms with van der Waals surface area (Å²) >= 11 is 0. The zero-order chi connectivity index (χ0) is 13.1. The van der Waals surface area contributed by atoms with E-state index >= 15 is 0 Å². The largest absolute Gasteiger partial charge is 0.368 e. The highest BCUT2D eigenvalue weighted by Gasteiger charge is 2.26. The van der Waals surface area contributed by atoms with Crippen LogP contribution in [0.1, 0.15) is 32.3 Å². The lowest BCUT2D eigenvalue weighted by Gasteiger charge is -2.40. The molecule has 1 saturated heterocycles. The Labute approximate surface area is 109 Å². The fourth-order valence-corrected chi connectivity index (χ4v) is 2.84. The predicted molar refractivity (Wildman–Crippen MR) is 74.4 cm³/mol. The number of anilines is 1. The molecular weight excluding hydrogens is 227 g/mol. The first-order chi connectivity index (χ1) is 8.65. The van der Waals surface area contributed by atoms with Crippen LogP contribution in [0.4, 0.5) is 10.1 Å². The van der Waals surface area contributed by atoms with Crippen molar-refractivity contribution in [1.29, 1.82) is 0 Å². The molecule has 0 aliphatic carbocycles. The zero-order valence-electron chi connectivity index (χ0n) is 11.5. The van der Waals surface area contributed by atoms with Crippen LogP contribution >= 0.6 is 0 Å². The second-order valence-electron chi connectivity index (χ2n) is 5.32. The predicted octanol–water partition coefficient (Wildman–Crippen LogP) is 3.17. The SMILES string of the molecule is CNCc1c(F)cccc1N1CCCC(C)C1C. The number of hydrogen-bond acceptors (Lipinski definition) is 2. The van der Waals surface area contributed by atoms with E-state index in [1.54, 1.807) is 6.07 Å². The monoisotopic (exact) mass is 250 g/mol. The van der Waals surface area contributed by atoms with E-state index in [0.717, 1.165) is 17.8 Å². The normalized spacial score (nSPS) is 24.3. The molecular formula is C15H23FN2. The molecule has 1 aliphatic heterocycles. The third kappa shape index (κ3) is 2.51. The van der Waals surface area contributed by atoms with Crippen molar-refractivity contribution in [2.75, 3.05) is 18.5 Å². The molecule has 0 radical (unpaired) electrons. The van der Waals surface area contributed by atoms with Gasteiger partial charge in [0.15, 0.2) is 0 Å². The fourth-order valence-electron chi connectivity index (χ4n) is 2.84. The van der Waals surface area contributed by atoms with E-state index < -0.39 is 0 Å². The highest BCUT2D eigenvalue weighted by molar-refractivity contribution is 5.55. The van der Waals surface area contributed by atoms with Gasteiger partial charge >= 0.3 is 0 Å². The Morgan fingerprint density at radius 1 is 1.39 bits per heavy atom. The minimum atomic E-state index is -0.104. The Balaban J connectivity index is 2.34. The van der Waals surface area contributed by atoms with Crippen molar-refractivity contribution >= 4 is 5.69 Å². The Morgan fingerprint density at radius 3 is 2.89 bits per heavy atom. The zero-order valence-corrected chi connectivity index (χ0v) is 11.5. The lowest BCUT2D eigenvalue weighted by molar-refractivity contribution is 0.362. The van der Waals surface area contributed by atoms with Crippen LogP contribution in [0.2, 0.25) is 0 Å². The molecule has 2 rings (SSSR count). The second kappa shape index (κ2) is 5.70. The maximum Gasteiger partial charge on any atom is 0.129 e. The lowest BCUT2D eigenvalue weighted by atomic mass is 9.91. The molecule has 1 aliphatic rings. The highest BCUT2D eigenvalue weighted by Crippen LogP contribution is 2.31. The summed E-state index contributed by atoms with van der Waals surface area (Å²) in [5.74, 6) is 0.566. The van der Waals surface area contributed by atoms with Crippen LogP contribution in [-0.2, 0) is 6.54 Å². The summed E-state index contributed by atoms with van der Waals surface area (Å²) < 4.78 is 13.9. The molecule has 100 valence electrons. The molecule has 2 unspecified atom stereocenters. The molecule has 0 aromatic heterocycles. The van der Waals surface area contributed by atoms with Crippen LogP contribution in [0.3, 0.4) is 0 Å². The average Bonchev–Trinajstić information content (AvgIpc) is 2.36. The van der Waals surface area contributed by atoms with Crippen molar-refractivity contribution in [2.45, 2.75) is 39.3 Å². The molecule has 3 heteroatoms. The van der Waals surface area contributed by atoms with Crippen molar-refractivity contribution in [2.24, 2.45) is 5.92 Å². The van der Waals surface area contributed by atoms with Gasteiger partial charge in [0.25, 0.3) is 0 Å². The van der Waals surface area contributed by atoms with Gasteiger partial charge in [-0.05, 0) is 44.9 Å². The van der Waals surface area contributed by atoms with Crippen LogP contribution in [0, 0.1) is 11.7 Å². The lowest BCUT2D eigenvalue weighted by Crippen LogP contribution is -2.43. The minimum absolute atomic E-state index is 0.104. The van der Waals surface area contributed by atoms with E-state index in [1.807, 2.05) is 19.2 Å². The first-order valence-electron chi connectivity index (χ1n) is 6.83. The third-order valence-electron chi connectivity index (χ3n) is 4.13. The van der Waals surface area contributed by atoms with Gasteiger partial charge in [-0.25, -0.2) is 4.39 Å². The van der Waals surface area contributed by atoms with Gasteiger partial charge in [-0.1, -0.05) is 13.0 Å². The standard InChI is InChI=1S/C15H23FN2/c1-11-6-5-9-18(12(11)2)15-8-4-7-14(16)13(15)10-17-3/h4,7-8,11-12,17H,5-6,9-10H2,1-3H3. The number of nitrogens with one attached hydrogen (secondary N) is 1. The maximum atomic E-state index is 13.9. The number of nitrogens with zero attached hydrogens (tertiary/aromatic N) is 1. The van der Waals surface area contributed by atoms with Crippen LogP contribution in [0.5, 0.6) is 0 Å². The Kier molecular flexibility index (Phi) is 4.23. The maximum absolute atomic E-state index is 13.9. The van der Waals surface area contributed by atoms with Gasteiger partial charge in [-0.15, -0.1) is 0 Å². The molecule has 0 bridgehead atoms. The summed E-state index contributed by atoms with van der Waals surface area (Å²) in [4.78, 5) is 2.37. The number of halogens is 1. The quantitative estimate of drug-likeness (QED) is 0.886. The van der Waals surface area contributed by atoms with E-state index in [-0.39, 0.29) is 5.82 Å². The van der Waals surface area contributed by atoms with E-state index in [0.29, 0.717) is 18.5 Å². The summed E-state index contributed by atoms with van der Waals surface area (Å²) in [6.45, 7) is 6.15. The van der Waals surface area contributed by atoms with E-state index in [2.05, 4.69) is 24.1 Å². The molecule has 1 heterocycles. The van der Waals surface area contributed by atoms with Crippen LogP contribution < -0.4 is 10.2 Å². The van der Waals surface area contributed by atoms with Gasteiger partial charge < -0.3 is 10.2 Å². The third-order valence-corrected chi connectivity index (χ3v) is 4.13. The van der Waals surface area contributed by atoms with E-state index in [4.69, 9.17) is 0 Å². The summed E-state index contributed by atoms with van der Waals surface area (Å²) in [5, 5.41) is 3.06. The summed E-state index contributed by atoms with van der Waals surface area (Å²) in [5.41, 5.74) is 1.85. The van der Waals surface area contributed by atoms with Gasteiger partial charge in [0, 0.05) is 30.4 Å². The average molecular weight is 250 g/mol. The van der Waals surface area contributed by atoms with E-state index in [1.165, 1.54) is 12.8 Å². The van der Waals surface area contributed by atoms with Crippen molar-refractivity contribution in [3.8, 4) is 0 Å². The van der Waals surface area contributed by atoms with Crippen molar-refractivity contribution in [1.82, 2.24) is 5.32 Å². The van der Waals surface area contributed by atoms with Crippen LogP contribution in [0.25, 0.3) is 0 Å². The topological polar surface area (TPSA) is 15.3 Å². The van der Waals surface area contributed by atoms with Crippen LogP contribution in [0.15, 0.2) is 18.2 Å². The number of hydrogen-bond donors (Lipinski definition) is 1. The van der Waals surface area contributed by atoms with Crippen molar-refractivity contribution in [3.05, 3.63) is 29.6 Å². The van der Waals surface area contributed by atoms with E-state index in [9.17, 15) is 4.39 Å². The molecule has 1 aromatic carbocycles. The van der Waals surface area contributed by atoms with Crippen LogP contribution in [-0.4, -0.2) is 19.6 Å². The second-order valence-corrected chi connectivity index (χ2v) is 5.32. The Bertz CT molecular complexity index is 405. The van der Waals surface area contributed by atoms with Gasteiger partial charge in [0.1, 0.15) is 5.82 Å². The molecule has 18 heavy (non-hydrogen) atoms. The Hall–Kier alpha value is -1.09. The van der Waals surface area contributed by atoms with Crippen molar-refractivity contribution < 1.29 is 4.39 Å². The first-order valence-corrected chi connectivity index (χ1v) is 6.83. The number of rotatable bonds is 3. The smallest absolute Gasteiger partial charge is 0.129 e. The fraction of sp³-hybridized carbons (Fsp3) is 0.600. The van der Waals surface area contributed by atoms with Gasteiger partial charge in [-0.2, -0.15) is 0 Å². The molecule has 1 N–H and O–H groups in total. The molecule has 0 spiro atoms. The Morgan fingerprint density at radius 2 is 2.17 bits per heavy atom. The van der Waals surface area contributed by atoms with Crippen molar-refractivity contribution in [3.63, 3.8) is 0 Å². The number of benzene rings is 1. The molecule has 1 fully saturated rings. The van der Waals surface area contributed by atoms with Gasteiger partial charge in [0.05, 0.1) is 0 Å². The molecule has 2 atom stereocenters. The van der Waals surface area contributed by atoms with Gasteiger partial charge in [-0.3, -0.25) is 0 Å². The molecule has 0 amide bonds. The summed E-state index contributed by atoms with van der Waals surface area (Å²) in [7, 11) is 1.86. The molecule has 2 nitrogen and oxygen atoms in total. The first kappa shape index (κ1) is 13.3. The molecule has 1 aromatic rings. The van der Waals surface area contributed by atoms with Gasteiger partial charge in [0.2, 0.25) is 0 Å².